The van der Waals surface area contributed by atoms with Crippen LogP contribution >= 0.6 is 0 Å². The molecule has 138 valence electrons. The number of ether oxygens (including phenoxy) is 3. The second-order valence-corrected chi connectivity index (χ2v) is 6.77. The SMILES string of the molecule is Fc1ccc(C2(c3noc(Cc4ccc5c(c4)OCO5)n3)CCOC2)cc1. The molecule has 0 aliphatic carbocycles. The minimum Gasteiger partial charge on any atom is -0.454 e. The van der Waals surface area contributed by atoms with Crippen molar-refractivity contribution in [2.24, 2.45) is 0 Å². The van der Waals surface area contributed by atoms with Crippen molar-refractivity contribution in [1.29, 1.82) is 0 Å². The number of hydrogen-bond donors (Lipinski definition) is 0. The normalized spacial score (nSPS) is 20.9. The Morgan fingerprint density at radius 2 is 1.89 bits per heavy atom. The number of fused-ring (bicyclic) bond motifs is 1. The van der Waals surface area contributed by atoms with Gasteiger partial charge in [0.1, 0.15) is 5.82 Å². The molecule has 3 aromatic rings. The molecule has 0 N–H and O–H groups in total. The topological polar surface area (TPSA) is 66.6 Å². The summed E-state index contributed by atoms with van der Waals surface area (Å²) in [7, 11) is 0. The zero-order chi connectivity index (χ0) is 18.3. The first-order valence-corrected chi connectivity index (χ1v) is 8.78. The Bertz CT molecular complexity index is 964. The molecule has 2 aliphatic rings. The Morgan fingerprint density at radius 3 is 2.70 bits per heavy atom. The molecule has 1 aromatic heterocycles. The molecule has 27 heavy (non-hydrogen) atoms. The number of nitrogens with zero attached hydrogens (tertiary/aromatic N) is 2. The Morgan fingerprint density at radius 1 is 1.04 bits per heavy atom. The minimum absolute atomic E-state index is 0.240. The van der Waals surface area contributed by atoms with Crippen LogP contribution in [0.25, 0.3) is 0 Å². The summed E-state index contributed by atoms with van der Waals surface area (Å²) in [5.74, 6) is 2.27. The summed E-state index contributed by atoms with van der Waals surface area (Å²) in [6.45, 7) is 1.29. The van der Waals surface area contributed by atoms with Crippen LogP contribution in [0.15, 0.2) is 47.0 Å². The molecule has 0 bridgehead atoms. The van der Waals surface area contributed by atoms with Crippen LogP contribution < -0.4 is 9.47 Å². The molecule has 1 unspecified atom stereocenters. The van der Waals surface area contributed by atoms with E-state index in [1.807, 2.05) is 18.2 Å². The number of halogens is 1. The Labute approximate surface area is 154 Å². The summed E-state index contributed by atoms with van der Waals surface area (Å²) in [6.07, 6.45) is 1.21. The zero-order valence-electron chi connectivity index (χ0n) is 14.5. The zero-order valence-corrected chi connectivity index (χ0v) is 14.5. The summed E-state index contributed by atoms with van der Waals surface area (Å²) in [5, 5.41) is 4.22. The molecule has 0 radical (unpaired) electrons. The largest absolute Gasteiger partial charge is 0.454 e. The van der Waals surface area contributed by atoms with E-state index in [4.69, 9.17) is 18.7 Å². The Balaban J connectivity index is 1.44. The minimum atomic E-state index is -0.510. The van der Waals surface area contributed by atoms with Crippen LogP contribution in [0.4, 0.5) is 4.39 Å². The molecular formula is C20H17FN2O4. The summed E-state index contributed by atoms with van der Waals surface area (Å²) in [6, 6.07) is 12.2. The fourth-order valence-corrected chi connectivity index (χ4v) is 3.61. The summed E-state index contributed by atoms with van der Waals surface area (Å²) < 4.78 is 35.2. The fraction of sp³-hybridized carbons (Fsp3) is 0.300. The van der Waals surface area contributed by atoms with Gasteiger partial charge in [0.25, 0.3) is 0 Å². The number of hydrogen-bond acceptors (Lipinski definition) is 6. The molecule has 1 fully saturated rings. The van der Waals surface area contributed by atoms with Crippen molar-refractivity contribution < 1.29 is 23.1 Å². The van der Waals surface area contributed by atoms with Gasteiger partial charge >= 0.3 is 0 Å². The van der Waals surface area contributed by atoms with Gasteiger partial charge in [0.2, 0.25) is 12.7 Å². The van der Waals surface area contributed by atoms with Crippen molar-refractivity contribution in [3.8, 4) is 11.5 Å². The van der Waals surface area contributed by atoms with Crippen LogP contribution in [0, 0.1) is 5.82 Å². The molecule has 0 amide bonds. The standard InChI is InChI=1S/C20H17FN2O4/c21-15-4-2-14(3-5-15)20(7-8-24-11-20)19-22-18(27-23-19)10-13-1-6-16-17(9-13)26-12-25-16/h1-6,9H,7-8,10-12H2. The van der Waals surface area contributed by atoms with E-state index in [9.17, 15) is 4.39 Å². The number of aromatic nitrogens is 2. The average Bonchev–Trinajstić information content (AvgIpc) is 3.43. The van der Waals surface area contributed by atoms with E-state index in [0.717, 1.165) is 29.0 Å². The maximum atomic E-state index is 13.3. The number of rotatable bonds is 4. The van der Waals surface area contributed by atoms with E-state index in [-0.39, 0.29) is 12.6 Å². The van der Waals surface area contributed by atoms with Crippen LogP contribution in [0.5, 0.6) is 11.5 Å². The van der Waals surface area contributed by atoms with Crippen LogP contribution in [-0.2, 0) is 16.6 Å². The predicted octanol–water partition coefficient (Wildman–Crippen LogP) is 3.23. The van der Waals surface area contributed by atoms with Crippen molar-refractivity contribution in [3.05, 3.63) is 71.1 Å². The third-order valence-electron chi connectivity index (χ3n) is 5.11. The highest BCUT2D eigenvalue weighted by atomic mass is 19.1. The van der Waals surface area contributed by atoms with Crippen molar-refractivity contribution in [2.45, 2.75) is 18.3 Å². The van der Waals surface area contributed by atoms with Gasteiger partial charge in [-0.3, -0.25) is 0 Å². The fourth-order valence-electron chi connectivity index (χ4n) is 3.61. The summed E-state index contributed by atoms with van der Waals surface area (Å²) in [4.78, 5) is 4.63. The first kappa shape index (κ1) is 16.3. The van der Waals surface area contributed by atoms with Crippen molar-refractivity contribution in [1.82, 2.24) is 10.1 Å². The van der Waals surface area contributed by atoms with Gasteiger partial charge in [0.05, 0.1) is 18.4 Å². The quantitative estimate of drug-likeness (QED) is 0.704. The van der Waals surface area contributed by atoms with Crippen LogP contribution in [0.2, 0.25) is 0 Å². The molecule has 3 heterocycles. The highest BCUT2D eigenvalue weighted by Crippen LogP contribution is 2.38. The highest BCUT2D eigenvalue weighted by molar-refractivity contribution is 5.45. The van der Waals surface area contributed by atoms with E-state index in [1.54, 1.807) is 12.1 Å². The van der Waals surface area contributed by atoms with Gasteiger partial charge in [-0.15, -0.1) is 0 Å². The lowest BCUT2D eigenvalue weighted by Gasteiger charge is -2.23. The Kier molecular flexibility index (Phi) is 3.82. The van der Waals surface area contributed by atoms with Gasteiger partial charge < -0.3 is 18.7 Å². The smallest absolute Gasteiger partial charge is 0.231 e. The van der Waals surface area contributed by atoms with Crippen molar-refractivity contribution >= 4 is 0 Å². The van der Waals surface area contributed by atoms with Gasteiger partial charge in [-0.05, 0) is 41.8 Å². The van der Waals surface area contributed by atoms with E-state index < -0.39 is 5.41 Å². The van der Waals surface area contributed by atoms with Crippen molar-refractivity contribution in [3.63, 3.8) is 0 Å². The van der Waals surface area contributed by atoms with E-state index in [2.05, 4.69) is 10.1 Å². The molecule has 0 saturated carbocycles. The van der Waals surface area contributed by atoms with Crippen LogP contribution in [0.3, 0.4) is 0 Å². The van der Waals surface area contributed by atoms with Gasteiger partial charge in [-0.25, -0.2) is 4.39 Å². The monoisotopic (exact) mass is 368 g/mol. The lowest BCUT2D eigenvalue weighted by atomic mass is 9.79. The number of benzene rings is 2. The second-order valence-electron chi connectivity index (χ2n) is 6.77. The van der Waals surface area contributed by atoms with E-state index in [1.165, 1.54) is 12.1 Å². The molecule has 1 atom stereocenters. The molecule has 1 saturated heterocycles. The van der Waals surface area contributed by atoms with E-state index >= 15 is 0 Å². The predicted molar refractivity (Wildman–Crippen MR) is 92.3 cm³/mol. The molecule has 0 spiro atoms. The third-order valence-corrected chi connectivity index (χ3v) is 5.11. The maximum absolute atomic E-state index is 13.3. The third kappa shape index (κ3) is 2.84. The average molecular weight is 368 g/mol. The van der Waals surface area contributed by atoms with Gasteiger partial charge in [-0.2, -0.15) is 4.98 Å². The summed E-state index contributed by atoms with van der Waals surface area (Å²) >= 11 is 0. The van der Waals surface area contributed by atoms with E-state index in [0.29, 0.717) is 31.3 Å². The molecule has 2 aromatic carbocycles. The van der Waals surface area contributed by atoms with Crippen LogP contribution in [0.1, 0.15) is 29.3 Å². The molecular weight excluding hydrogens is 351 g/mol. The molecule has 6 nitrogen and oxygen atoms in total. The second kappa shape index (κ2) is 6.35. The summed E-state index contributed by atoms with van der Waals surface area (Å²) in [5.41, 5.74) is 1.41. The highest BCUT2D eigenvalue weighted by Gasteiger charge is 2.42. The van der Waals surface area contributed by atoms with Gasteiger partial charge in [0, 0.05) is 6.61 Å². The Hall–Kier alpha value is -2.93. The maximum Gasteiger partial charge on any atom is 0.231 e. The lowest BCUT2D eigenvalue weighted by Crippen LogP contribution is -2.29. The first-order valence-electron chi connectivity index (χ1n) is 8.78. The van der Waals surface area contributed by atoms with Crippen molar-refractivity contribution in [2.75, 3.05) is 20.0 Å². The molecule has 5 rings (SSSR count). The molecule has 2 aliphatic heterocycles. The lowest BCUT2D eigenvalue weighted by molar-refractivity contribution is 0.174. The molecule has 7 heteroatoms. The van der Waals surface area contributed by atoms with Gasteiger partial charge in [0.15, 0.2) is 17.3 Å². The van der Waals surface area contributed by atoms with Crippen LogP contribution in [-0.4, -0.2) is 30.1 Å². The first-order chi connectivity index (χ1) is 13.2. The van der Waals surface area contributed by atoms with Gasteiger partial charge in [-0.1, -0.05) is 23.4 Å².